The maximum atomic E-state index is 12.4. The van der Waals surface area contributed by atoms with Crippen LogP contribution in [0.2, 0.25) is 0 Å². The third-order valence-corrected chi connectivity index (χ3v) is 5.30. The number of pyridine rings is 1. The molecule has 0 spiro atoms. The van der Waals surface area contributed by atoms with E-state index in [1.54, 1.807) is 0 Å². The van der Waals surface area contributed by atoms with Gasteiger partial charge in [0.1, 0.15) is 0 Å². The van der Waals surface area contributed by atoms with Crippen LogP contribution in [0.4, 0.5) is 11.4 Å². The van der Waals surface area contributed by atoms with Crippen molar-refractivity contribution in [3.8, 4) is 0 Å². The number of fused-ring (bicyclic) bond motifs is 1. The number of hydrogen-bond acceptors (Lipinski definition) is 3. The van der Waals surface area contributed by atoms with Crippen molar-refractivity contribution in [2.75, 3.05) is 23.3 Å². The topological polar surface area (TPSA) is 65.2 Å². The Balaban J connectivity index is 1.41. The summed E-state index contributed by atoms with van der Waals surface area (Å²) in [6.07, 6.45) is 3.12. The van der Waals surface area contributed by atoms with E-state index < -0.39 is 0 Å². The zero-order chi connectivity index (χ0) is 19.5. The first kappa shape index (κ1) is 18.3. The molecule has 4 rings (SSSR count). The number of aromatic nitrogens is 1. The monoisotopic (exact) mass is 375 g/mol. The van der Waals surface area contributed by atoms with Crippen LogP contribution in [0.25, 0.3) is 10.9 Å². The van der Waals surface area contributed by atoms with E-state index in [0.717, 1.165) is 40.9 Å². The molecule has 2 N–H and O–H groups in total. The second-order valence-corrected chi connectivity index (χ2v) is 7.51. The van der Waals surface area contributed by atoms with E-state index >= 15 is 0 Å². The number of nitrogens with zero attached hydrogens (tertiary/aromatic N) is 1. The molecule has 1 saturated heterocycles. The molecular formula is C23H25N3O2. The number of benzene rings is 2. The fourth-order valence-electron chi connectivity index (χ4n) is 3.77. The van der Waals surface area contributed by atoms with Crippen molar-refractivity contribution < 1.29 is 4.79 Å². The standard InChI is InChI=1S/C23H25N3O2/c1-16-7-8-17-14-18(23(28)25-21(17)13-16)9-10-22(27)24-19-5-4-6-20(15-19)26-11-2-3-12-26/h4-8,13-15H,2-3,9-12H2,1H3,(H,24,27)(H,25,28). The number of amides is 1. The van der Waals surface area contributed by atoms with E-state index in [4.69, 9.17) is 0 Å². The van der Waals surface area contributed by atoms with Gasteiger partial charge in [0.15, 0.2) is 0 Å². The van der Waals surface area contributed by atoms with E-state index in [9.17, 15) is 9.59 Å². The van der Waals surface area contributed by atoms with Crippen molar-refractivity contribution in [3.05, 3.63) is 70.0 Å². The van der Waals surface area contributed by atoms with E-state index in [1.807, 2.05) is 49.4 Å². The molecule has 5 nitrogen and oxygen atoms in total. The lowest BCUT2D eigenvalue weighted by molar-refractivity contribution is -0.116. The normalized spacial score (nSPS) is 13.8. The van der Waals surface area contributed by atoms with Crippen LogP contribution in [-0.2, 0) is 11.2 Å². The molecule has 2 aromatic carbocycles. The van der Waals surface area contributed by atoms with Crippen molar-refractivity contribution >= 4 is 28.2 Å². The van der Waals surface area contributed by atoms with Crippen LogP contribution in [0.15, 0.2) is 53.3 Å². The van der Waals surface area contributed by atoms with Gasteiger partial charge in [-0.05, 0) is 67.5 Å². The molecule has 0 radical (unpaired) electrons. The number of hydrogen-bond donors (Lipinski definition) is 2. The van der Waals surface area contributed by atoms with Crippen molar-refractivity contribution in [3.63, 3.8) is 0 Å². The molecule has 0 bridgehead atoms. The highest BCUT2D eigenvalue weighted by Crippen LogP contribution is 2.23. The summed E-state index contributed by atoms with van der Waals surface area (Å²) < 4.78 is 0. The highest BCUT2D eigenvalue weighted by Gasteiger charge is 2.13. The number of nitrogens with one attached hydrogen (secondary N) is 2. The minimum absolute atomic E-state index is 0.0815. The van der Waals surface area contributed by atoms with Gasteiger partial charge in [-0.2, -0.15) is 0 Å². The minimum Gasteiger partial charge on any atom is -0.371 e. The Labute approximate surface area is 164 Å². The number of H-pyrrole nitrogens is 1. The molecule has 0 saturated carbocycles. The van der Waals surface area contributed by atoms with Crippen LogP contribution in [-0.4, -0.2) is 24.0 Å². The number of aromatic amines is 1. The van der Waals surface area contributed by atoms with Gasteiger partial charge in [-0.25, -0.2) is 0 Å². The number of anilines is 2. The Morgan fingerprint density at radius 3 is 2.75 bits per heavy atom. The second-order valence-electron chi connectivity index (χ2n) is 7.51. The summed E-state index contributed by atoms with van der Waals surface area (Å²) in [5, 5.41) is 3.95. The highest BCUT2D eigenvalue weighted by molar-refractivity contribution is 5.91. The maximum absolute atomic E-state index is 12.4. The lowest BCUT2D eigenvalue weighted by Gasteiger charge is -2.18. The van der Waals surface area contributed by atoms with Crippen LogP contribution in [0.3, 0.4) is 0 Å². The summed E-state index contributed by atoms with van der Waals surface area (Å²) in [4.78, 5) is 30.0. The van der Waals surface area contributed by atoms with Crippen molar-refractivity contribution in [1.82, 2.24) is 4.98 Å². The first-order valence-corrected chi connectivity index (χ1v) is 9.86. The SMILES string of the molecule is Cc1ccc2cc(CCC(=O)Nc3cccc(N4CCCC4)c3)c(=O)[nH]c2c1. The van der Waals surface area contributed by atoms with Gasteiger partial charge in [-0.15, -0.1) is 0 Å². The lowest BCUT2D eigenvalue weighted by Crippen LogP contribution is -2.19. The lowest BCUT2D eigenvalue weighted by atomic mass is 10.1. The number of carbonyl (C=O) groups is 1. The van der Waals surface area contributed by atoms with E-state index in [1.165, 1.54) is 12.8 Å². The summed E-state index contributed by atoms with van der Waals surface area (Å²) >= 11 is 0. The number of rotatable bonds is 5. The molecule has 3 aromatic rings. The molecule has 144 valence electrons. The first-order chi connectivity index (χ1) is 13.6. The molecule has 2 heterocycles. The van der Waals surface area contributed by atoms with Gasteiger partial charge in [0.25, 0.3) is 5.56 Å². The molecule has 1 fully saturated rings. The van der Waals surface area contributed by atoms with Gasteiger partial charge in [-0.3, -0.25) is 9.59 Å². The van der Waals surface area contributed by atoms with E-state index in [2.05, 4.69) is 21.3 Å². The second kappa shape index (κ2) is 7.89. The van der Waals surface area contributed by atoms with E-state index in [-0.39, 0.29) is 17.9 Å². The predicted molar refractivity (Wildman–Crippen MR) is 114 cm³/mol. The maximum Gasteiger partial charge on any atom is 0.251 e. The van der Waals surface area contributed by atoms with Crippen LogP contribution >= 0.6 is 0 Å². The Kier molecular flexibility index (Phi) is 5.15. The van der Waals surface area contributed by atoms with Gasteiger partial charge < -0.3 is 15.2 Å². The smallest absolute Gasteiger partial charge is 0.251 e. The van der Waals surface area contributed by atoms with Gasteiger partial charge >= 0.3 is 0 Å². The minimum atomic E-state index is -0.123. The zero-order valence-corrected chi connectivity index (χ0v) is 16.1. The Hall–Kier alpha value is -3.08. The molecule has 0 aliphatic carbocycles. The molecular weight excluding hydrogens is 350 g/mol. The van der Waals surface area contributed by atoms with Crippen molar-refractivity contribution in [2.24, 2.45) is 0 Å². The summed E-state index contributed by atoms with van der Waals surface area (Å²) in [6, 6.07) is 15.8. The average molecular weight is 375 g/mol. The van der Waals surface area contributed by atoms with Crippen molar-refractivity contribution in [1.29, 1.82) is 0 Å². The molecule has 5 heteroatoms. The molecule has 1 aromatic heterocycles. The quantitative estimate of drug-likeness (QED) is 0.708. The molecule has 0 unspecified atom stereocenters. The summed E-state index contributed by atoms with van der Waals surface area (Å²) in [5.41, 5.74) is 4.40. The van der Waals surface area contributed by atoms with Gasteiger partial charge in [0.2, 0.25) is 5.91 Å². The van der Waals surface area contributed by atoms with Crippen molar-refractivity contribution in [2.45, 2.75) is 32.6 Å². The fraction of sp³-hybridized carbons (Fsp3) is 0.304. The van der Waals surface area contributed by atoms with Crippen LogP contribution in [0, 0.1) is 6.92 Å². The van der Waals surface area contributed by atoms with Gasteiger partial charge in [0, 0.05) is 42.0 Å². The van der Waals surface area contributed by atoms with Gasteiger partial charge in [-0.1, -0.05) is 18.2 Å². The summed E-state index contributed by atoms with van der Waals surface area (Å²) in [6.45, 7) is 4.14. The molecule has 1 amide bonds. The Morgan fingerprint density at radius 2 is 1.93 bits per heavy atom. The van der Waals surface area contributed by atoms with E-state index in [0.29, 0.717) is 12.0 Å². The Bertz CT molecular complexity index is 1060. The number of carbonyl (C=O) groups excluding carboxylic acids is 1. The fourth-order valence-corrected chi connectivity index (χ4v) is 3.77. The predicted octanol–water partition coefficient (Wildman–Crippen LogP) is 4.01. The largest absolute Gasteiger partial charge is 0.371 e. The molecule has 1 aliphatic heterocycles. The molecule has 0 atom stereocenters. The molecule has 1 aliphatic rings. The summed E-state index contributed by atoms with van der Waals surface area (Å²) in [7, 11) is 0. The third-order valence-electron chi connectivity index (χ3n) is 5.30. The third kappa shape index (κ3) is 4.09. The van der Waals surface area contributed by atoms with Crippen LogP contribution in [0.1, 0.15) is 30.4 Å². The summed E-state index contributed by atoms with van der Waals surface area (Å²) in [5.74, 6) is -0.0815. The highest BCUT2D eigenvalue weighted by atomic mass is 16.1. The average Bonchev–Trinajstić information content (AvgIpc) is 3.21. The zero-order valence-electron chi connectivity index (χ0n) is 16.1. The van der Waals surface area contributed by atoms with Crippen LogP contribution < -0.4 is 15.8 Å². The van der Waals surface area contributed by atoms with Crippen LogP contribution in [0.5, 0.6) is 0 Å². The van der Waals surface area contributed by atoms with Gasteiger partial charge in [0.05, 0.1) is 0 Å². The number of aryl methyl sites for hydroxylation is 2. The first-order valence-electron chi connectivity index (χ1n) is 9.86. The molecule has 28 heavy (non-hydrogen) atoms. The Morgan fingerprint density at radius 1 is 1.11 bits per heavy atom.